The van der Waals surface area contributed by atoms with E-state index in [1.165, 1.54) is 12.7 Å². The van der Waals surface area contributed by atoms with E-state index in [0.717, 1.165) is 24.0 Å². The highest BCUT2D eigenvalue weighted by Crippen LogP contribution is 2.33. The van der Waals surface area contributed by atoms with E-state index in [2.05, 4.69) is 26.1 Å². The van der Waals surface area contributed by atoms with E-state index in [4.69, 9.17) is 4.74 Å². The van der Waals surface area contributed by atoms with Crippen LogP contribution in [-0.4, -0.2) is 19.0 Å². The van der Waals surface area contributed by atoms with Gasteiger partial charge in [0, 0.05) is 5.56 Å². The molecule has 136 valence electrons. The summed E-state index contributed by atoms with van der Waals surface area (Å²) in [6.45, 7) is 6.31. The van der Waals surface area contributed by atoms with E-state index in [1.807, 2.05) is 36.4 Å². The van der Waals surface area contributed by atoms with Crippen molar-refractivity contribution in [3.05, 3.63) is 70.3 Å². The van der Waals surface area contributed by atoms with Gasteiger partial charge in [0.25, 0.3) is 5.91 Å². The maximum Gasteiger partial charge on any atom is 0.337 e. The summed E-state index contributed by atoms with van der Waals surface area (Å²) in [5.74, 6) is -0.431. The maximum absolute atomic E-state index is 13.0. The average Bonchev–Trinajstić information content (AvgIpc) is 3.02. The third kappa shape index (κ3) is 3.50. The topological polar surface area (TPSA) is 55.4 Å². The quantitative estimate of drug-likeness (QED) is 0.844. The summed E-state index contributed by atoms with van der Waals surface area (Å²) in [4.78, 5) is 24.8. The Morgan fingerprint density at radius 2 is 1.85 bits per heavy atom. The molecule has 1 unspecified atom stereocenters. The summed E-state index contributed by atoms with van der Waals surface area (Å²) in [5, 5.41) is 3.16. The molecule has 4 heteroatoms. The van der Waals surface area contributed by atoms with Gasteiger partial charge in [0.15, 0.2) is 0 Å². The number of fused-ring (bicyclic) bond motifs is 1. The number of carbonyl (C=O) groups is 2. The molecule has 1 N–H and O–H groups in total. The van der Waals surface area contributed by atoms with Crippen LogP contribution < -0.4 is 5.32 Å². The van der Waals surface area contributed by atoms with Crippen LogP contribution in [0, 0.1) is 0 Å². The number of esters is 1. The van der Waals surface area contributed by atoms with Crippen LogP contribution in [0.2, 0.25) is 0 Å². The van der Waals surface area contributed by atoms with Crippen molar-refractivity contribution >= 4 is 11.9 Å². The molecule has 0 saturated heterocycles. The van der Waals surface area contributed by atoms with Crippen LogP contribution in [0.15, 0.2) is 42.5 Å². The number of amides is 1. The van der Waals surface area contributed by atoms with E-state index >= 15 is 0 Å². The van der Waals surface area contributed by atoms with Gasteiger partial charge >= 0.3 is 5.97 Å². The van der Waals surface area contributed by atoms with Crippen LogP contribution >= 0.6 is 0 Å². The third-order valence-corrected chi connectivity index (χ3v) is 4.93. The van der Waals surface area contributed by atoms with Gasteiger partial charge in [0.05, 0.1) is 18.7 Å². The molecule has 3 rings (SSSR count). The summed E-state index contributed by atoms with van der Waals surface area (Å²) in [6.07, 6.45) is 1.73. The molecule has 0 radical (unpaired) electrons. The molecule has 1 aliphatic rings. The number of carbonyl (C=O) groups excluding carboxylic acids is 2. The summed E-state index contributed by atoms with van der Waals surface area (Å²) >= 11 is 0. The van der Waals surface area contributed by atoms with E-state index in [1.54, 1.807) is 6.07 Å². The number of nitrogens with one attached hydrogen (secondary N) is 1. The van der Waals surface area contributed by atoms with E-state index in [0.29, 0.717) is 11.1 Å². The fraction of sp³-hybridized carbons (Fsp3) is 0.364. The first kappa shape index (κ1) is 18.2. The van der Waals surface area contributed by atoms with Crippen LogP contribution in [0.3, 0.4) is 0 Å². The lowest BCUT2D eigenvalue weighted by Gasteiger charge is -2.23. The second kappa shape index (κ2) is 6.94. The lowest BCUT2D eigenvalue weighted by atomic mass is 9.83. The zero-order valence-electron chi connectivity index (χ0n) is 15.8. The summed E-state index contributed by atoms with van der Waals surface area (Å²) < 4.78 is 4.81. The van der Waals surface area contributed by atoms with Crippen LogP contribution in [0.5, 0.6) is 0 Å². The van der Waals surface area contributed by atoms with Crippen molar-refractivity contribution in [2.75, 3.05) is 7.11 Å². The van der Waals surface area contributed by atoms with Crippen molar-refractivity contribution in [2.45, 2.75) is 45.1 Å². The molecule has 1 amide bonds. The lowest BCUT2D eigenvalue weighted by molar-refractivity contribution is 0.0600. The Bertz CT molecular complexity index is 849. The molecular formula is C22H25NO3. The minimum Gasteiger partial charge on any atom is -0.465 e. The Labute approximate surface area is 154 Å². The molecule has 1 atom stereocenters. The number of rotatable bonds is 3. The normalized spacial score (nSPS) is 16.1. The molecule has 2 aromatic carbocycles. The summed E-state index contributed by atoms with van der Waals surface area (Å²) in [6, 6.07) is 13.2. The van der Waals surface area contributed by atoms with Crippen molar-refractivity contribution in [1.29, 1.82) is 0 Å². The van der Waals surface area contributed by atoms with Crippen LogP contribution in [0.25, 0.3) is 0 Å². The highest BCUT2D eigenvalue weighted by atomic mass is 16.5. The number of ether oxygens (including phenoxy) is 1. The predicted molar refractivity (Wildman–Crippen MR) is 101 cm³/mol. The summed E-state index contributed by atoms with van der Waals surface area (Å²) in [5.41, 5.74) is 4.32. The smallest absolute Gasteiger partial charge is 0.337 e. The second-order valence-corrected chi connectivity index (χ2v) is 7.77. The summed E-state index contributed by atoms with van der Waals surface area (Å²) in [7, 11) is 1.37. The zero-order valence-corrected chi connectivity index (χ0v) is 15.8. The molecule has 0 aromatic heterocycles. The Balaban J connectivity index is 1.87. The van der Waals surface area contributed by atoms with Gasteiger partial charge in [-0.15, -0.1) is 0 Å². The number of methoxy groups -OCH3 is 1. The van der Waals surface area contributed by atoms with E-state index < -0.39 is 0 Å². The highest BCUT2D eigenvalue weighted by molar-refractivity contribution is 5.96. The number of aryl methyl sites for hydroxylation is 1. The van der Waals surface area contributed by atoms with Crippen molar-refractivity contribution in [2.24, 2.45) is 0 Å². The third-order valence-electron chi connectivity index (χ3n) is 4.93. The van der Waals surface area contributed by atoms with Crippen LogP contribution in [-0.2, 0) is 16.6 Å². The monoisotopic (exact) mass is 351 g/mol. The zero-order chi connectivity index (χ0) is 18.9. The fourth-order valence-corrected chi connectivity index (χ4v) is 3.57. The molecule has 0 saturated carbocycles. The van der Waals surface area contributed by atoms with Gasteiger partial charge in [-0.25, -0.2) is 4.79 Å². The van der Waals surface area contributed by atoms with Crippen molar-refractivity contribution in [3.63, 3.8) is 0 Å². The molecule has 26 heavy (non-hydrogen) atoms. The molecule has 0 fully saturated rings. The molecule has 4 nitrogen and oxygen atoms in total. The molecule has 0 heterocycles. The first-order chi connectivity index (χ1) is 12.3. The Morgan fingerprint density at radius 1 is 1.12 bits per heavy atom. The molecule has 2 aromatic rings. The SMILES string of the molecule is COC(=O)c1ccc2c(c1)C(NC(=O)c1ccccc1C(C)(C)C)CC2. The Kier molecular flexibility index (Phi) is 4.86. The van der Waals surface area contributed by atoms with Gasteiger partial charge in [-0.3, -0.25) is 4.79 Å². The minimum atomic E-state index is -0.358. The predicted octanol–water partition coefficient (Wildman–Crippen LogP) is 4.19. The van der Waals surface area contributed by atoms with Crippen LogP contribution in [0.1, 0.15) is 70.6 Å². The number of hydrogen-bond acceptors (Lipinski definition) is 3. The Morgan fingerprint density at radius 3 is 2.54 bits per heavy atom. The second-order valence-electron chi connectivity index (χ2n) is 7.77. The van der Waals surface area contributed by atoms with Crippen molar-refractivity contribution < 1.29 is 14.3 Å². The first-order valence-electron chi connectivity index (χ1n) is 8.93. The molecule has 1 aliphatic carbocycles. The molecule has 0 aliphatic heterocycles. The molecular weight excluding hydrogens is 326 g/mol. The van der Waals surface area contributed by atoms with Crippen molar-refractivity contribution in [3.8, 4) is 0 Å². The van der Waals surface area contributed by atoms with Gasteiger partial charge < -0.3 is 10.1 Å². The first-order valence-corrected chi connectivity index (χ1v) is 8.93. The molecule has 0 spiro atoms. The average molecular weight is 351 g/mol. The van der Waals surface area contributed by atoms with Gasteiger partial charge in [0.2, 0.25) is 0 Å². The van der Waals surface area contributed by atoms with Crippen LogP contribution in [0.4, 0.5) is 0 Å². The standard InChI is InChI=1S/C22H25NO3/c1-22(2,3)18-8-6-5-7-16(18)20(24)23-19-12-11-14-9-10-15(13-17(14)19)21(25)26-4/h5-10,13,19H,11-12H2,1-4H3,(H,23,24). The van der Waals surface area contributed by atoms with Gasteiger partial charge in [-0.05, 0) is 53.1 Å². The fourth-order valence-electron chi connectivity index (χ4n) is 3.57. The van der Waals surface area contributed by atoms with Gasteiger partial charge in [-0.1, -0.05) is 45.0 Å². The lowest BCUT2D eigenvalue weighted by Crippen LogP contribution is -2.30. The van der Waals surface area contributed by atoms with E-state index in [-0.39, 0.29) is 23.3 Å². The van der Waals surface area contributed by atoms with Gasteiger partial charge in [0.1, 0.15) is 0 Å². The minimum absolute atomic E-state index is 0.0724. The number of benzene rings is 2. The van der Waals surface area contributed by atoms with Gasteiger partial charge in [-0.2, -0.15) is 0 Å². The molecule has 0 bridgehead atoms. The van der Waals surface area contributed by atoms with E-state index in [9.17, 15) is 9.59 Å². The largest absolute Gasteiger partial charge is 0.465 e. The highest BCUT2D eigenvalue weighted by Gasteiger charge is 2.27. The maximum atomic E-state index is 13.0. The number of hydrogen-bond donors (Lipinski definition) is 1. The Hall–Kier alpha value is -2.62. The van der Waals surface area contributed by atoms with Crippen molar-refractivity contribution in [1.82, 2.24) is 5.32 Å².